The SMILES string of the molecule is CCOC(=O)CNc1cc(N)nc(COC)n1. The normalized spacial score (nSPS) is 10.0. The van der Waals surface area contributed by atoms with Crippen LogP contribution < -0.4 is 11.1 Å². The fourth-order valence-electron chi connectivity index (χ4n) is 1.18. The molecule has 0 spiro atoms. The van der Waals surface area contributed by atoms with Crippen molar-refractivity contribution in [3.63, 3.8) is 0 Å². The lowest BCUT2D eigenvalue weighted by atomic mass is 10.4. The van der Waals surface area contributed by atoms with Crippen LogP contribution in [0.25, 0.3) is 0 Å². The number of nitrogen functional groups attached to an aromatic ring is 1. The average molecular weight is 240 g/mol. The summed E-state index contributed by atoms with van der Waals surface area (Å²) in [6, 6.07) is 1.54. The highest BCUT2D eigenvalue weighted by atomic mass is 16.5. The van der Waals surface area contributed by atoms with E-state index in [2.05, 4.69) is 15.3 Å². The zero-order valence-electron chi connectivity index (χ0n) is 9.90. The van der Waals surface area contributed by atoms with Gasteiger partial charge in [0.15, 0.2) is 5.82 Å². The summed E-state index contributed by atoms with van der Waals surface area (Å²) in [6.45, 7) is 2.40. The van der Waals surface area contributed by atoms with Crippen molar-refractivity contribution in [2.24, 2.45) is 0 Å². The van der Waals surface area contributed by atoms with E-state index < -0.39 is 0 Å². The number of carbonyl (C=O) groups excluding carboxylic acids is 1. The van der Waals surface area contributed by atoms with E-state index >= 15 is 0 Å². The summed E-state index contributed by atoms with van der Waals surface area (Å²) in [4.78, 5) is 19.2. The van der Waals surface area contributed by atoms with Gasteiger partial charge in [-0.1, -0.05) is 0 Å². The number of ether oxygens (including phenoxy) is 2. The van der Waals surface area contributed by atoms with Gasteiger partial charge in [0.1, 0.15) is 24.8 Å². The number of nitrogens with zero attached hydrogens (tertiary/aromatic N) is 2. The van der Waals surface area contributed by atoms with Crippen LogP contribution in [0, 0.1) is 0 Å². The van der Waals surface area contributed by atoms with Crippen molar-refractivity contribution >= 4 is 17.6 Å². The molecule has 0 fully saturated rings. The minimum Gasteiger partial charge on any atom is -0.465 e. The van der Waals surface area contributed by atoms with Crippen LogP contribution in [-0.2, 0) is 20.9 Å². The van der Waals surface area contributed by atoms with E-state index in [-0.39, 0.29) is 19.1 Å². The molecule has 0 radical (unpaired) electrons. The number of anilines is 2. The van der Waals surface area contributed by atoms with Gasteiger partial charge in [0.05, 0.1) is 6.61 Å². The summed E-state index contributed by atoms with van der Waals surface area (Å²) in [6.07, 6.45) is 0. The van der Waals surface area contributed by atoms with Crippen molar-refractivity contribution in [1.29, 1.82) is 0 Å². The summed E-state index contributed by atoms with van der Waals surface area (Å²) in [5, 5.41) is 2.81. The van der Waals surface area contributed by atoms with Gasteiger partial charge >= 0.3 is 5.97 Å². The zero-order chi connectivity index (χ0) is 12.7. The smallest absolute Gasteiger partial charge is 0.325 e. The molecule has 1 aromatic heterocycles. The number of esters is 1. The molecule has 3 N–H and O–H groups in total. The fraction of sp³-hybridized carbons (Fsp3) is 0.500. The highest BCUT2D eigenvalue weighted by Crippen LogP contribution is 2.08. The number of rotatable bonds is 6. The standard InChI is InChI=1S/C10H16N4O3/c1-3-17-10(15)5-12-8-4-7(11)13-9(14-8)6-16-2/h4H,3,5-6H2,1-2H3,(H3,11,12,13,14). The van der Waals surface area contributed by atoms with E-state index in [1.54, 1.807) is 13.0 Å². The second kappa shape index (κ2) is 6.64. The predicted molar refractivity (Wildman–Crippen MR) is 62.3 cm³/mol. The number of hydrogen-bond acceptors (Lipinski definition) is 7. The molecular formula is C10H16N4O3. The van der Waals surface area contributed by atoms with Gasteiger partial charge in [-0.2, -0.15) is 0 Å². The van der Waals surface area contributed by atoms with E-state index in [1.807, 2.05) is 0 Å². The molecule has 94 valence electrons. The summed E-state index contributed by atoms with van der Waals surface area (Å²) < 4.78 is 9.67. The maximum absolute atomic E-state index is 11.1. The van der Waals surface area contributed by atoms with E-state index in [0.717, 1.165) is 0 Å². The monoisotopic (exact) mass is 240 g/mol. The van der Waals surface area contributed by atoms with Crippen LogP contribution in [-0.4, -0.2) is 36.2 Å². The molecule has 1 heterocycles. The Hall–Kier alpha value is -1.89. The summed E-state index contributed by atoms with van der Waals surface area (Å²) in [5.41, 5.74) is 5.59. The Bertz CT molecular complexity index is 384. The molecule has 0 bridgehead atoms. The number of hydrogen-bond donors (Lipinski definition) is 2. The maximum Gasteiger partial charge on any atom is 0.325 e. The van der Waals surface area contributed by atoms with Gasteiger partial charge in [-0.05, 0) is 6.92 Å². The van der Waals surface area contributed by atoms with Gasteiger partial charge < -0.3 is 20.5 Å². The van der Waals surface area contributed by atoms with E-state index in [1.165, 1.54) is 7.11 Å². The molecule has 0 saturated carbocycles. The molecule has 0 aliphatic heterocycles. The molecular weight excluding hydrogens is 224 g/mol. The third-order valence-electron chi connectivity index (χ3n) is 1.78. The molecule has 0 aliphatic carbocycles. The fourth-order valence-corrected chi connectivity index (χ4v) is 1.18. The number of nitrogens with one attached hydrogen (secondary N) is 1. The summed E-state index contributed by atoms with van der Waals surface area (Å²) >= 11 is 0. The molecule has 0 aromatic carbocycles. The van der Waals surface area contributed by atoms with Crippen molar-refractivity contribution in [1.82, 2.24) is 9.97 Å². The number of methoxy groups -OCH3 is 1. The molecule has 0 unspecified atom stereocenters. The van der Waals surface area contributed by atoms with E-state index in [4.69, 9.17) is 15.2 Å². The predicted octanol–water partition coefficient (Wildman–Crippen LogP) is 0.180. The first-order valence-corrected chi connectivity index (χ1v) is 5.17. The van der Waals surface area contributed by atoms with Gasteiger partial charge in [0, 0.05) is 13.2 Å². The lowest BCUT2D eigenvalue weighted by Gasteiger charge is -2.07. The minimum atomic E-state index is -0.349. The number of aromatic nitrogens is 2. The van der Waals surface area contributed by atoms with Crippen LogP contribution in [0.1, 0.15) is 12.7 Å². The second-order valence-electron chi connectivity index (χ2n) is 3.19. The van der Waals surface area contributed by atoms with Crippen molar-refractivity contribution in [2.45, 2.75) is 13.5 Å². The molecule has 0 amide bonds. The number of carbonyl (C=O) groups is 1. The highest BCUT2D eigenvalue weighted by Gasteiger charge is 2.05. The Morgan fingerprint density at radius 1 is 1.53 bits per heavy atom. The lowest BCUT2D eigenvalue weighted by Crippen LogP contribution is -2.18. The van der Waals surface area contributed by atoms with Crippen molar-refractivity contribution in [2.75, 3.05) is 31.3 Å². The second-order valence-corrected chi connectivity index (χ2v) is 3.19. The van der Waals surface area contributed by atoms with Crippen molar-refractivity contribution < 1.29 is 14.3 Å². The molecule has 17 heavy (non-hydrogen) atoms. The third kappa shape index (κ3) is 4.64. The summed E-state index contributed by atoms with van der Waals surface area (Å²) in [5.74, 6) is 0.896. The van der Waals surface area contributed by atoms with Crippen LogP contribution in [0.4, 0.5) is 11.6 Å². The Labute approximate surface area is 99.3 Å². The largest absolute Gasteiger partial charge is 0.465 e. The minimum absolute atomic E-state index is 0.0384. The highest BCUT2D eigenvalue weighted by molar-refractivity contribution is 5.74. The molecule has 7 heteroatoms. The Balaban J connectivity index is 2.61. The van der Waals surface area contributed by atoms with Crippen LogP contribution in [0.15, 0.2) is 6.07 Å². The first kappa shape index (κ1) is 13.2. The van der Waals surface area contributed by atoms with Gasteiger partial charge in [-0.15, -0.1) is 0 Å². The third-order valence-corrected chi connectivity index (χ3v) is 1.78. The molecule has 0 aliphatic rings. The molecule has 0 saturated heterocycles. The quantitative estimate of drug-likeness (QED) is 0.684. The van der Waals surface area contributed by atoms with Gasteiger partial charge in [-0.3, -0.25) is 4.79 Å². The Morgan fingerprint density at radius 2 is 2.29 bits per heavy atom. The van der Waals surface area contributed by atoms with Gasteiger partial charge in [-0.25, -0.2) is 9.97 Å². The topological polar surface area (TPSA) is 99.4 Å². The van der Waals surface area contributed by atoms with Crippen LogP contribution in [0.5, 0.6) is 0 Å². The van der Waals surface area contributed by atoms with Crippen LogP contribution in [0.2, 0.25) is 0 Å². The molecule has 1 rings (SSSR count). The summed E-state index contributed by atoms with van der Waals surface area (Å²) in [7, 11) is 1.54. The lowest BCUT2D eigenvalue weighted by molar-refractivity contribution is -0.140. The first-order chi connectivity index (χ1) is 8.15. The first-order valence-electron chi connectivity index (χ1n) is 5.17. The number of nitrogens with two attached hydrogens (primary N) is 1. The van der Waals surface area contributed by atoms with Crippen molar-refractivity contribution in [3.05, 3.63) is 11.9 Å². The van der Waals surface area contributed by atoms with Crippen LogP contribution >= 0.6 is 0 Å². The maximum atomic E-state index is 11.1. The van der Waals surface area contributed by atoms with E-state index in [9.17, 15) is 4.79 Å². The van der Waals surface area contributed by atoms with Crippen molar-refractivity contribution in [3.8, 4) is 0 Å². The van der Waals surface area contributed by atoms with E-state index in [0.29, 0.717) is 24.1 Å². The molecule has 1 aromatic rings. The van der Waals surface area contributed by atoms with Gasteiger partial charge in [0.25, 0.3) is 0 Å². The Morgan fingerprint density at radius 3 is 2.94 bits per heavy atom. The van der Waals surface area contributed by atoms with Crippen LogP contribution in [0.3, 0.4) is 0 Å². The zero-order valence-corrected chi connectivity index (χ0v) is 9.90. The average Bonchev–Trinajstić information content (AvgIpc) is 2.26. The molecule has 7 nitrogen and oxygen atoms in total. The molecule has 0 atom stereocenters. The Kier molecular flexibility index (Phi) is 5.15. The van der Waals surface area contributed by atoms with Gasteiger partial charge in [0.2, 0.25) is 0 Å².